The molecule has 1 aromatic carbocycles. The second kappa shape index (κ2) is 7.18. The SMILES string of the molecule is CCC(C)NC(C#N)c1ccc(CC(C)C)cc1. The number of nitrogens with zero attached hydrogens (tertiary/aromatic N) is 1. The predicted octanol–water partition coefficient (Wildman–Crippen LogP) is 3.84. The van der Waals surface area contributed by atoms with Crippen LogP contribution in [-0.4, -0.2) is 6.04 Å². The van der Waals surface area contributed by atoms with Crippen LogP contribution in [0.4, 0.5) is 0 Å². The van der Waals surface area contributed by atoms with Crippen molar-refractivity contribution in [1.29, 1.82) is 5.26 Å². The molecule has 0 aliphatic carbocycles. The van der Waals surface area contributed by atoms with Gasteiger partial charge < -0.3 is 0 Å². The van der Waals surface area contributed by atoms with Gasteiger partial charge in [0.15, 0.2) is 0 Å². The summed E-state index contributed by atoms with van der Waals surface area (Å²) >= 11 is 0. The quantitative estimate of drug-likeness (QED) is 0.825. The molecular formula is C16H24N2. The van der Waals surface area contributed by atoms with E-state index in [2.05, 4.69) is 63.3 Å². The van der Waals surface area contributed by atoms with E-state index in [1.54, 1.807) is 0 Å². The molecule has 1 aromatic rings. The van der Waals surface area contributed by atoms with E-state index in [1.165, 1.54) is 5.56 Å². The van der Waals surface area contributed by atoms with Crippen molar-refractivity contribution in [1.82, 2.24) is 5.32 Å². The van der Waals surface area contributed by atoms with Crippen molar-refractivity contribution in [2.24, 2.45) is 5.92 Å². The summed E-state index contributed by atoms with van der Waals surface area (Å²) < 4.78 is 0. The Morgan fingerprint density at radius 3 is 2.22 bits per heavy atom. The largest absolute Gasteiger partial charge is 0.296 e. The maximum absolute atomic E-state index is 9.23. The highest BCUT2D eigenvalue weighted by Gasteiger charge is 2.12. The van der Waals surface area contributed by atoms with E-state index in [4.69, 9.17) is 0 Å². The minimum absolute atomic E-state index is 0.201. The van der Waals surface area contributed by atoms with E-state index in [-0.39, 0.29) is 6.04 Å². The Balaban J connectivity index is 2.73. The first-order valence-electron chi connectivity index (χ1n) is 6.81. The topological polar surface area (TPSA) is 35.8 Å². The Kier molecular flexibility index (Phi) is 5.88. The third kappa shape index (κ3) is 4.50. The smallest absolute Gasteiger partial charge is 0.121 e. The van der Waals surface area contributed by atoms with E-state index < -0.39 is 0 Å². The normalized spacial score (nSPS) is 14.2. The lowest BCUT2D eigenvalue weighted by Crippen LogP contribution is -2.29. The summed E-state index contributed by atoms with van der Waals surface area (Å²) in [6.45, 7) is 8.67. The van der Waals surface area contributed by atoms with Crippen LogP contribution in [-0.2, 0) is 6.42 Å². The maximum Gasteiger partial charge on any atom is 0.121 e. The molecule has 0 saturated carbocycles. The Morgan fingerprint density at radius 1 is 1.17 bits per heavy atom. The first-order chi connectivity index (χ1) is 8.56. The molecule has 0 fully saturated rings. The van der Waals surface area contributed by atoms with Gasteiger partial charge in [-0.3, -0.25) is 5.32 Å². The monoisotopic (exact) mass is 244 g/mol. The van der Waals surface area contributed by atoms with Crippen molar-refractivity contribution in [3.63, 3.8) is 0 Å². The molecule has 2 nitrogen and oxygen atoms in total. The molecule has 0 aromatic heterocycles. The third-order valence-corrected chi connectivity index (χ3v) is 3.15. The molecule has 0 radical (unpaired) electrons. The molecule has 0 spiro atoms. The molecule has 2 heteroatoms. The average molecular weight is 244 g/mol. The van der Waals surface area contributed by atoms with Crippen molar-refractivity contribution >= 4 is 0 Å². The lowest BCUT2D eigenvalue weighted by atomic mass is 9.99. The lowest BCUT2D eigenvalue weighted by Gasteiger charge is -2.17. The van der Waals surface area contributed by atoms with Gasteiger partial charge in [-0.15, -0.1) is 0 Å². The minimum atomic E-state index is -0.201. The summed E-state index contributed by atoms with van der Waals surface area (Å²) in [6.07, 6.45) is 2.12. The molecule has 1 rings (SSSR count). The van der Waals surface area contributed by atoms with Crippen molar-refractivity contribution in [2.75, 3.05) is 0 Å². The van der Waals surface area contributed by atoms with Crippen molar-refractivity contribution < 1.29 is 0 Å². The summed E-state index contributed by atoms with van der Waals surface area (Å²) in [4.78, 5) is 0. The van der Waals surface area contributed by atoms with E-state index in [9.17, 15) is 5.26 Å². The van der Waals surface area contributed by atoms with Gasteiger partial charge in [-0.25, -0.2) is 0 Å². The predicted molar refractivity (Wildman–Crippen MR) is 76.2 cm³/mol. The Labute approximate surface area is 111 Å². The highest BCUT2D eigenvalue weighted by Crippen LogP contribution is 2.16. The van der Waals surface area contributed by atoms with Crippen LogP contribution in [0.1, 0.15) is 51.3 Å². The second-order valence-corrected chi connectivity index (χ2v) is 5.38. The van der Waals surface area contributed by atoms with Gasteiger partial charge in [0.25, 0.3) is 0 Å². The van der Waals surface area contributed by atoms with Gasteiger partial charge in [-0.2, -0.15) is 5.26 Å². The Hall–Kier alpha value is -1.33. The highest BCUT2D eigenvalue weighted by atomic mass is 14.9. The van der Waals surface area contributed by atoms with E-state index in [0.29, 0.717) is 12.0 Å². The Morgan fingerprint density at radius 2 is 1.78 bits per heavy atom. The summed E-state index contributed by atoms with van der Waals surface area (Å²) in [7, 11) is 0. The van der Waals surface area contributed by atoms with Crippen molar-refractivity contribution in [3.8, 4) is 6.07 Å². The summed E-state index contributed by atoms with van der Waals surface area (Å²) in [5, 5.41) is 12.6. The number of benzene rings is 1. The second-order valence-electron chi connectivity index (χ2n) is 5.38. The summed E-state index contributed by atoms with van der Waals surface area (Å²) in [6, 6.07) is 10.9. The van der Waals surface area contributed by atoms with Crippen LogP contribution in [0.3, 0.4) is 0 Å². The van der Waals surface area contributed by atoms with Gasteiger partial charge in [0.05, 0.1) is 6.07 Å². The van der Waals surface area contributed by atoms with Gasteiger partial charge in [-0.05, 0) is 36.8 Å². The van der Waals surface area contributed by atoms with E-state index in [0.717, 1.165) is 18.4 Å². The van der Waals surface area contributed by atoms with Gasteiger partial charge in [0, 0.05) is 6.04 Å². The van der Waals surface area contributed by atoms with Gasteiger partial charge in [-0.1, -0.05) is 45.0 Å². The number of nitrogens with one attached hydrogen (secondary N) is 1. The number of nitriles is 1. The van der Waals surface area contributed by atoms with Crippen LogP contribution in [0.5, 0.6) is 0 Å². The highest BCUT2D eigenvalue weighted by molar-refractivity contribution is 5.28. The van der Waals surface area contributed by atoms with Crippen LogP contribution >= 0.6 is 0 Å². The molecule has 0 bridgehead atoms. The molecule has 0 aliphatic heterocycles. The number of hydrogen-bond donors (Lipinski definition) is 1. The zero-order valence-electron chi connectivity index (χ0n) is 11.9. The molecule has 1 N–H and O–H groups in total. The van der Waals surface area contributed by atoms with Gasteiger partial charge in [0.2, 0.25) is 0 Å². The molecule has 0 saturated heterocycles. The standard InChI is InChI=1S/C16H24N2/c1-5-13(4)18-16(11-17)15-8-6-14(7-9-15)10-12(2)3/h6-9,12-13,16,18H,5,10H2,1-4H3. The molecule has 0 heterocycles. The molecule has 0 amide bonds. The summed E-state index contributed by atoms with van der Waals surface area (Å²) in [5.41, 5.74) is 2.40. The Bertz CT molecular complexity index is 387. The molecule has 18 heavy (non-hydrogen) atoms. The third-order valence-electron chi connectivity index (χ3n) is 3.15. The van der Waals surface area contributed by atoms with E-state index in [1.807, 2.05) is 0 Å². The number of rotatable bonds is 6. The zero-order valence-corrected chi connectivity index (χ0v) is 11.9. The molecular weight excluding hydrogens is 220 g/mol. The molecule has 2 atom stereocenters. The molecule has 0 aliphatic rings. The van der Waals surface area contributed by atoms with Gasteiger partial charge in [0.1, 0.15) is 6.04 Å². The lowest BCUT2D eigenvalue weighted by molar-refractivity contribution is 0.501. The van der Waals surface area contributed by atoms with Gasteiger partial charge >= 0.3 is 0 Å². The fraction of sp³-hybridized carbons (Fsp3) is 0.562. The van der Waals surface area contributed by atoms with Crippen LogP contribution in [0, 0.1) is 17.2 Å². The van der Waals surface area contributed by atoms with Crippen LogP contribution in [0.2, 0.25) is 0 Å². The van der Waals surface area contributed by atoms with E-state index >= 15 is 0 Å². The van der Waals surface area contributed by atoms with Crippen LogP contribution < -0.4 is 5.32 Å². The average Bonchev–Trinajstić information content (AvgIpc) is 2.36. The first-order valence-corrected chi connectivity index (χ1v) is 6.81. The first kappa shape index (κ1) is 14.7. The van der Waals surface area contributed by atoms with Crippen molar-refractivity contribution in [2.45, 2.75) is 52.6 Å². The molecule has 98 valence electrons. The zero-order chi connectivity index (χ0) is 13.5. The fourth-order valence-corrected chi connectivity index (χ4v) is 1.93. The summed E-state index contributed by atoms with van der Waals surface area (Å²) in [5.74, 6) is 0.667. The fourth-order valence-electron chi connectivity index (χ4n) is 1.93. The van der Waals surface area contributed by atoms with Crippen molar-refractivity contribution in [3.05, 3.63) is 35.4 Å². The van der Waals surface area contributed by atoms with Crippen LogP contribution in [0.25, 0.3) is 0 Å². The maximum atomic E-state index is 9.23. The number of hydrogen-bond acceptors (Lipinski definition) is 2. The molecule has 2 unspecified atom stereocenters. The minimum Gasteiger partial charge on any atom is -0.296 e. The van der Waals surface area contributed by atoms with Crippen LogP contribution in [0.15, 0.2) is 24.3 Å².